The standard InChI is InChI=1S/C26H19Cl2NO3/c1-31-26(30)23-14-12-20(19-9-5-6-10-21(19)27)25(29-23)18-11-13-22(28)24(15-18)32-16-17-7-3-2-4-8-17/h2-15H,16H2,1H3. The normalized spacial score (nSPS) is 10.6. The number of rotatable bonds is 6. The number of hydrogen-bond acceptors (Lipinski definition) is 4. The molecule has 0 bridgehead atoms. The van der Waals surface area contributed by atoms with Crippen molar-refractivity contribution >= 4 is 29.2 Å². The Morgan fingerprint density at radius 1 is 0.844 bits per heavy atom. The highest BCUT2D eigenvalue weighted by atomic mass is 35.5. The van der Waals surface area contributed by atoms with Gasteiger partial charge in [0.1, 0.15) is 18.1 Å². The second kappa shape index (κ2) is 9.86. The molecular weight excluding hydrogens is 445 g/mol. The average Bonchev–Trinajstić information content (AvgIpc) is 2.84. The van der Waals surface area contributed by atoms with Crippen LogP contribution in [0.2, 0.25) is 10.0 Å². The maximum Gasteiger partial charge on any atom is 0.356 e. The molecule has 4 rings (SSSR count). The molecule has 0 saturated carbocycles. The van der Waals surface area contributed by atoms with Crippen molar-refractivity contribution in [3.05, 3.63) is 106 Å². The number of methoxy groups -OCH3 is 1. The van der Waals surface area contributed by atoms with E-state index in [1.54, 1.807) is 12.1 Å². The van der Waals surface area contributed by atoms with E-state index in [4.69, 9.17) is 32.7 Å². The van der Waals surface area contributed by atoms with Crippen LogP contribution < -0.4 is 4.74 Å². The summed E-state index contributed by atoms with van der Waals surface area (Å²) >= 11 is 12.9. The first-order chi connectivity index (χ1) is 15.6. The first-order valence-electron chi connectivity index (χ1n) is 9.87. The molecule has 4 aromatic rings. The topological polar surface area (TPSA) is 48.4 Å². The second-order valence-electron chi connectivity index (χ2n) is 6.98. The van der Waals surface area contributed by atoms with Gasteiger partial charge in [-0.3, -0.25) is 0 Å². The van der Waals surface area contributed by atoms with E-state index >= 15 is 0 Å². The summed E-state index contributed by atoms with van der Waals surface area (Å²) in [6, 6.07) is 26.1. The Balaban J connectivity index is 1.79. The molecule has 0 amide bonds. The Kier molecular flexibility index (Phi) is 6.74. The number of benzene rings is 3. The Hall–Kier alpha value is -3.34. The lowest BCUT2D eigenvalue weighted by atomic mass is 9.98. The minimum Gasteiger partial charge on any atom is -0.487 e. The van der Waals surface area contributed by atoms with Crippen molar-refractivity contribution < 1.29 is 14.3 Å². The summed E-state index contributed by atoms with van der Waals surface area (Å²) in [5, 5.41) is 1.06. The van der Waals surface area contributed by atoms with Crippen LogP contribution in [0.1, 0.15) is 16.1 Å². The largest absolute Gasteiger partial charge is 0.487 e. The maximum absolute atomic E-state index is 12.1. The van der Waals surface area contributed by atoms with Crippen LogP contribution in [0.3, 0.4) is 0 Å². The summed E-state index contributed by atoms with van der Waals surface area (Å²) in [7, 11) is 1.32. The molecule has 0 atom stereocenters. The van der Waals surface area contributed by atoms with Gasteiger partial charge in [0, 0.05) is 21.7 Å². The Bertz CT molecular complexity index is 1260. The fourth-order valence-electron chi connectivity index (χ4n) is 3.29. The van der Waals surface area contributed by atoms with Crippen LogP contribution >= 0.6 is 23.2 Å². The van der Waals surface area contributed by atoms with E-state index in [9.17, 15) is 4.79 Å². The smallest absolute Gasteiger partial charge is 0.356 e. The van der Waals surface area contributed by atoms with Crippen LogP contribution in [0, 0.1) is 0 Å². The number of esters is 1. The van der Waals surface area contributed by atoms with E-state index in [2.05, 4.69) is 4.98 Å². The summed E-state index contributed by atoms with van der Waals surface area (Å²) in [6.45, 7) is 0.372. The highest BCUT2D eigenvalue weighted by molar-refractivity contribution is 6.33. The third-order valence-electron chi connectivity index (χ3n) is 4.90. The summed E-state index contributed by atoms with van der Waals surface area (Å²) in [4.78, 5) is 16.7. The van der Waals surface area contributed by atoms with Crippen molar-refractivity contribution in [2.75, 3.05) is 7.11 Å². The Labute approximate surface area is 196 Å². The first kappa shape index (κ1) is 21.9. The highest BCUT2D eigenvalue weighted by Crippen LogP contribution is 2.38. The highest BCUT2D eigenvalue weighted by Gasteiger charge is 2.17. The van der Waals surface area contributed by atoms with Crippen LogP contribution in [0.4, 0.5) is 0 Å². The predicted molar refractivity (Wildman–Crippen MR) is 127 cm³/mol. The van der Waals surface area contributed by atoms with Gasteiger partial charge >= 0.3 is 5.97 Å². The number of aromatic nitrogens is 1. The fourth-order valence-corrected chi connectivity index (χ4v) is 3.70. The molecule has 0 aliphatic carbocycles. The lowest BCUT2D eigenvalue weighted by molar-refractivity contribution is 0.0594. The molecule has 32 heavy (non-hydrogen) atoms. The Morgan fingerprint density at radius 2 is 1.59 bits per heavy atom. The van der Waals surface area contributed by atoms with Gasteiger partial charge in [0.2, 0.25) is 0 Å². The van der Waals surface area contributed by atoms with E-state index in [1.807, 2.05) is 72.8 Å². The zero-order valence-corrected chi connectivity index (χ0v) is 18.7. The van der Waals surface area contributed by atoms with Crippen molar-refractivity contribution in [3.8, 4) is 28.1 Å². The molecule has 160 valence electrons. The van der Waals surface area contributed by atoms with Crippen LogP contribution in [-0.4, -0.2) is 18.1 Å². The van der Waals surface area contributed by atoms with E-state index in [0.717, 1.165) is 22.3 Å². The number of halogens is 2. The molecular formula is C26H19Cl2NO3. The van der Waals surface area contributed by atoms with Crippen LogP contribution in [0.25, 0.3) is 22.4 Å². The van der Waals surface area contributed by atoms with Gasteiger partial charge in [-0.25, -0.2) is 9.78 Å². The van der Waals surface area contributed by atoms with Gasteiger partial charge in [0.15, 0.2) is 0 Å². The third-order valence-corrected chi connectivity index (χ3v) is 5.54. The van der Waals surface area contributed by atoms with Gasteiger partial charge in [-0.05, 0) is 35.9 Å². The molecule has 0 aliphatic heterocycles. The predicted octanol–water partition coefficient (Wildman–Crippen LogP) is 7.09. The fraction of sp³-hybridized carbons (Fsp3) is 0.0769. The Morgan fingerprint density at radius 3 is 2.34 bits per heavy atom. The van der Waals surface area contributed by atoms with Crippen molar-refractivity contribution in [3.63, 3.8) is 0 Å². The van der Waals surface area contributed by atoms with Crippen molar-refractivity contribution in [1.82, 2.24) is 4.98 Å². The molecule has 3 aromatic carbocycles. The van der Waals surface area contributed by atoms with Crippen LogP contribution in [0.5, 0.6) is 5.75 Å². The molecule has 0 N–H and O–H groups in total. The number of nitrogens with zero attached hydrogens (tertiary/aromatic N) is 1. The molecule has 0 aliphatic rings. The van der Waals surface area contributed by atoms with Crippen LogP contribution in [0.15, 0.2) is 84.9 Å². The lowest BCUT2D eigenvalue weighted by Gasteiger charge is -2.14. The zero-order chi connectivity index (χ0) is 22.5. The van der Waals surface area contributed by atoms with Crippen LogP contribution in [-0.2, 0) is 11.3 Å². The number of carbonyl (C=O) groups excluding carboxylic acids is 1. The minimum atomic E-state index is -0.522. The van der Waals surface area contributed by atoms with Gasteiger partial charge in [-0.1, -0.05) is 77.8 Å². The van der Waals surface area contributed by atoms with Crippen molar-refractivity contribution in [2.24, 2.45) is 0 Å². The number of carbonyl (C=O) groups is 1. The summed E-state index contributed by atoms with van der Waals surface area (Å²) in [5.74, 6) is -0.00475. The maximum atomic E-state index is 12.1. The molecule has 0 saturated heterocycles. The zero-order valence-electron chi connectivity index (χ0n) is 17.2. The van der Waals surface area contributed by atoms with E-state index in [0.29, 0.717) is 28.1 Å². The monoisotopic (exact) mass is 463 g/mol. The van der Waals surface area contributed by atoms with Crippen molar-refractivity contribution in [1.29, 1.82) is 0 Å². The first-order valence-corrected chi connectivity index (χ1v) is 10.6. The van der Waals surface area contributed by atoms with E-state index < -0.39 is 5.97 Å². The number of ether oxygens (including phenoxy) is 2. The molecule has 1 aromatic heterocycles. The molecule has 4 nitrogen and oxygen atoms in total. The molecule has 1 heterocycles. The van der Waals surface area contributed by atoms with Gasteiger partial charge < -0.3 is 9.47 Å². The third kappa shape index (κ3) is 4.77. The second-order valence-corrected chi connectivity index (χ2v) is 7.80. The molecule has 0 fully saturated rings. The molecule has 0 unspecified atom stereocenters. The molecule has 6 heteroatoms. The minimum absolute atomic E-state index is 0.194. The summed E-state index contributed by atoms with van der Waals surface area (Å²) in [6.07, 6.45) is 0. The van der Waals surface area contributed by atoms with Gasteiger partial charge in [-0.15, -0.1) is 0 Å². The van der Waals surface area contributed by atoms with E-state index in [-0.39, 0.29) is 5.69 Å². The van der Waals surface area contributed by atoms with Gasteiger partial charge in [0.05, 0.1) is 17.8 Å². The summed E-state index contributed by atoms with van der Waals surface area (Å²) in [5.41, 5.74) is 4.10. The molecule has 0 spiro atoms. The molecule has 0 radical (unpaired) electrons. The van der Waals surface area contributed by atoms with E-state index in [1.165, 1.54) is 7.11 Å². The SMILES string of the molecule is COC(=O)c1ccc(-c2ccccc2Cl)c(-c2ccc(Cl)c(OCc3ccccc3)c2)n1. The number of pyridine rings is 1. The quantitative estimate of drug-likeness (QED) is 0.286. The average molecular weight is 464 g/mol. The van der Waals surface area contributed by atoms with Gasteiger partial charge in [0.25, 0.3) is 0 Å². The van der Waals surface area contributed by atoms with Crippen molar-refractivity contribution in [2.45, 2.75) is 6.61 Å². The lowest BCUT2D eigenvalue weighted by Crippen LogP contribution is -2.06. The van der Waals surface area contributed by atoms with Gasteiger partial charge in [-0.2, -0.15) is 0 Å². The summed E-state index contributed by atoms with van der Waals surface area (Å²) < 4.78 is 10.8. The number of hydrogen-bond donors (Lipinski definition) is 0.